The molecular formula is C19H20N2OS. The van der Waals surface area contributed by atoms with Crippen LogP contribution in [0.2, 0.25) is 0 Å². The summed E-state index contributed by atoms with van der Waals surface area (Å²) in [4.78, 5) is 13.0. The molecule has 2 aromatic carbocycles. The molecule has 2 aromatic rings. The van der Waals surface area contributed by atoms with Gasteiger partial charge in [0.2, 0.25) is 0 Å². The van der Waals surface area contributed by atoms with E-state index in [1.165, 1.54) is 16.7 Å². The third-order valence-corrected chi connectivity index (χ3v) is 4.63. The number of Topliss-reactive ketones (excluding diaryl/α,β-unsaturated/α-hetero) is 1. The molecule has 0 bridgehead atoms. The van der Waals surface area contributed by atoms with Gasteiger partial charge in [-0.3, -0.25) is 4.79 Å². The maximum Gasteiger partial charge on any atom is 0.186 e. The van der Waals surface area contributed by atoms with Gasteiger partial charge >= 0.3 is 0 Å². The highest BCUT2D eigenvalue weighted by molar-refractivity contribution is 7.80. The van der Waals surface area contributed by atoms with Crippen LogP contribution in [0.1, 0.15) is 39.9 Å². The van der Waals surface area contributed by atoms with Crippen LogP contribution in [0.5, 0.6) is 0 Å². The molecule has 4 heteroatoms. The van der Waals surface area contributed by atoms with Crippen molar-refractivity contribution < 1.29 is 4.79 Å². The van der Waals surface area contributed by atoms with Crippen molar-refractivity contribution in [3.63, 3.8) is 0 Å². The lowest BCUT2D eigenvalue weighted by Crippen LogP contribution is -2.52. The first-order valence-corrected chi connectivity index (χ1v) is 8.11. The second-order valence-electron chi connectivity index (χ2n) is 6.14. The van der Waals surface area contributed by atoms with Crippen molar-refractivity contribution in [1.82, 2.24) is 10.6 Å². The number of ketones is 1. The van der Waals surface area contributed by atoms with Crippen LogP contribution in [0.4, 0.5) is 0 Å². The van der Waals surface area contributed by atoms with Crippen molar-refractivity contribution in [3.05, 3.63) is 70.3 Å². The van der Waals surface area contributed by atoms with E-state index in [1.54, 1.807) is 0 Å². The van der Waals surface area contributed by atoms with Gasteiger partial charge in [-0.25, -0.2) is 0 Å². The average molecular weight is 324 g/mol. The van der Waals surface area contributed by atoms with Gasteiger partial charge in [-0.2, -0.15) is 0 Å². The molecule has 3 rings (SSSR count). The van der Waals surface area contributed by atoms with Crippen molar-refractivity contribution in [3.8, 4) is 0 Å². The van der Waals surface area contributed by atoms with E-state index in [1.807, 2.05) is 43.3 Å². The number of aryl methyl sites for hydroxylation is 3. The maximum absolute atomic E-state index is 13.0. The first-order chi connectivity index (χ1) is 11.0. The molecule has 1 saturated heterocycles. The Hall–Kier alpha value is -2.20. The average Bonchev–Trinajstić information content (AvgIpc) is 2.53. The molecule has 0 saturated carbocycles. The van der Waals surface area contributed by atoms with Crippen molar-refractivity contribution in [2.45, 2.75) is 32.9 Å². The fourth-order valence-corrected chi connectivity index (χ4v) is 3.05. The Bertz CT molecular complexity index is 767. The lowest BCUT2D eigenvalue weighted by molar-refractivity contribution is -0.123. The van der Waals surface area contributed by atoms with Gasteiger partial charge in [0.1, 0.15) is 12.1 Å². The topological polar surface area (TPSA) is 41.1 Å². The number of carbonyl (C=O) groups excluding carboxylic acids is 1. The summed E-state index contributed by atoms with van der Waals surface area (Å²) >= 11 is 5.32. The molecule has 2 unspecified atom stereocenters. The molecule has 1 aliphatic heterocycles. The largest absolute Gasteiger partial charge is 0.349 e. The molecule has 2 N–H and O–H groups in total. The van der Waals surface area contributed by atoms with Crippen molar-refractivity contribution in [2.75, 3.05) is 0 Å². The summed E-state index contributed by atoms with van der Waals surface area (Å²) in [5.41, 5.74) is 5.46. The van der Waals surface area contributed by atoms with Crippen LogP contribution in [0.15, 0.2) is 42.5 Å². The lowest BCUT2D eigenvalue weighted by atomic mass is 9.90. The van der Waals surface area contributed by atoms with E-state index < -0.39 is 12.1 Å². The minimum Gasteiger partial charge on any atom is -0.349 e. The third kappa shape index (κ3) is 3.13. The number of thiocarbonyl (C=S) groups is 1. The van der Waals surface area contributed by atoms with Crippen LogP contribution >= 0.6 is 12.2 Å². The quantitative estimate of drug-likeness (QED) is 0.830. The van der Waals surface area contributed by atoms with Crippen molar-refractivity contribution >= 4 is 23.1 Å². The molecule has 23 heavy (non-hydrogen) atoms. The molecule has 118 valence electrons. The lowest BCUT2D eigenvalue weighted by Gasteiger charge is -2.32. The van der Waals surface area contributed by atoms with Crippen LogP contribution in [0.3, 0.4) is 0 Å². The molecular weight excluding hydrogens is 304 g/mol. The van der Waals surface area contributed by atoms with Gasteiger partial charge in [-0.15, -0.1) is 0 Å². The maximum atomic E-state index is 13.0. The van der Waals surface area contributed by atoms with Gasteiger partial charge in [0, 0.05) is 0 Å². The molecule has 1 aliphatic rings. The van der Waals surface area contributed by atoms with E-state index >= 15 is 0 Å². The second kappa shape index (κ2) is 6.13. The van der Waals surface area contributed by atoms with E-state index in [0.717, 1.165) is 11.1 Å². The summed E-state index contributed by atoms with van der Waals surface area (Å²) in [6.07, 6.45) is 0. The van der Waals surface area contributed by atoms with Crippen LogP contribution in [-0.2, 0) is 4.79 Å². The predicted octanol–water partition coefficient (Wildman–Crippen LogP) is 3.44. The Labute approximate surface area is 142 Å². The van der Waals surface area contributed by atoms with E-state index in [-0.39, 0.29) is 5.78 Å². The van der Waals surface area contributed by atoms with E-state index in [2.05, 4.69) is 30.5 Å². The number of hydrogen-bond acceptors (Lipinski definition) is 2. The molecule has 0 spiro atoms. The van der Waals surface area contributed by atoms with E-state index in [9.17, 15) is 4.79 Å². The summed E-state index contributed by atoms with van der Waals surface area (Å²) in [5.74, 6) is 0.0886. The Morgan fingerprint density at radius 1 is 0.826 bits per heavy atom. The molecule has 3 nitrogen and oxygen atoms in total. The molecule has 0 radical (unpaired) electrons. The van der Waals surface area contributed by atoms with Gasteiger partial charge in [0.15, 0.2) is 10.9 Å². The highest BCUT2D eigenvalue weighted by Crippen LogP contribution is 2.27. The van der Waals surface area contributed by atoms with Gasteiger partial charge in [-0.05, 0) is 55.2 Å². The normalized spacial score (nSPS) is 20.8. The Balaban J connectivity index is 1.95. The fourth-order valence-electron chi connectivity index (χ4n) is 2.81. The van der Waals surface area contributed by atoms with Crippen molar-refractivity contribution in [1.29, 1.82) is 0 Å². The zero-order chi connectivity index (χ0) is 16.6. The van der Waals surface area contributed by atoms with Crippen LogP contribution < -0.4 is 10.6 Å². The minimum atomic E-state index is -0.408. The summed E-state index contributed by atoms with van der Waals surface area (Å²) in [7, 11) is 0. The first kappa shape index (κ1) is 15.7. The summed E-state index contributed by atoms with van der Waals surface area (Å²) in [6.45, 7) is 6.15. The molecule has 1 fully saturated rings. The Morgan fingerprint density at radius 3 is 2.00 bits per heavy atom. The third-order valence-electron chi connectivity index (χ3n) is 4.39. The highest BCUT2D eigenvalue weighted by Gasteiger charge is 2.34. The number of rotatable bonds is 2. The Morgan fingerprint density at radius 2 is 1.39 bits per heavy atom. The summed E-state index contributed by atoms with van der Waals surface area (Å²) in [6, 6.07) is 13.3. The number of nitrogens with one attached hydrogen (secondary N) is 2. The van der Waals surface area contributed by atoms with E-state index in [4.69, 9.17) is 12.2 Å². The van der Waals surface area contributed by atoms with E-state index in [0.29, 0.717) is 5.11 Å². The first-order valence-electron chi connectivity index (χ1n) is 7.70. The van der Waals surface area contributed by atoms with Gasteiger partial charge in [-0.1, -0.05) is 48.0 Å². The minimum absolute atomic E-state index is 0.0886. The monoisotopic (exact) mass is 324 g/mol. The molecule has 2 atom stereocenters. The number of carbonyl (C=O) groups is 1. The number of hydrogen-bond donors (Lipinski definition) is 2. The van der Waals surface area contributed by atoms with Crippen LogP contribution in [0.25, 0.3) is 0 Å². The van der Waals surface area contributed by atoms with Crippen LogP contribution in [0, 0.1) is 20.8 Å². The van der Waals surface area contributed by atoms with Gasteiger partial charge in [0.05, 0.1) is 0 Å². The van der Waals surface area contributed by atoms with Gasteiger partial charge < -0.3 is 10.6 Å². The van der Waals surface area contributed by atoms with Crippen LogP contribution in [-0.4, -0.2) is 10.9 Å². The Kier molecular flexibility index (Phi) is 4.18. The zero-order valence-electron chi connectivity index (χ0n) is 13.5. The molecule has 0 aromatic heterocycles. The van der Waals surface area contributed by atoms with Crippen molar-refractivity contribution in [2.24, 2.45) is 0 Å². The number of benzene rings is 2. The smallest absolute Gasteiger partial charge is 0.186 e. The predicted molar refractivity (Wildman–Crippen MR) is 96.5 cm³/mol. The molecule has 0 aliphatic carbocycles. The highest BCUT2D eigenvalue weighted by atomic mass is 32.1. The van der Waals surface area contributed by atoms with Gasteiger partial charge in [0.25, 0.3) is 0 Å². The molecule has 0 amide bonds. The fraction of sp³-hybridized carbons (Fsp3) is 0.263. The SMILES string of the molecule is Cc1ccc(C2NC(=S)NC(c3ccc(C)c(C)c3)C2=O)cc1. The second-order valence-corrected chi connectivity index (χ2v) is 6.55. The summed E-state index contributed by atoms with van der Waals surface area (Å²) < 4.78 is 0. The zero-order valence-corrected chi connectivity index (χ0v) is 14.3. The molecule has 1 heterocycles. The summed E-state index contributed by atoms with van der Waals surface area (Å²) in [5, 5.41) is 6.72. The standard InChI is InChI=1S/C19H20N2OS/c1-11-4-7-14(8-5-11)16-18(22)17(21-19(23)20-16)15-9-6-12(2)13(3)10-15/h4-10,16-17H,1-3H3,(H2,20,21,23).